The summed E-state index contributed by atoms with van der Waals surface area (Å²) in [5, 5.41) is 14.0. The lowest BCUT2D eigenvalue weighted by Crippen LogP contribution is -2.18. The molecule has 1 atom stereocenters. The number of nitro benzene ring substituents is 1. The van der Waals surface area contributed by atoms with Gasteiger partial charge in [-0.15, -0.1) is 0 Å². The Balaban J connectivity index is 1.97. The van der Waals surface area contributed by atoms with Crippen LogP contribution in [0.1, 0.15) is 24.1 Å². The molecule has 4 nitrogen and oxygen atoms in total. The molecule has 0 fully saturated rings. The summed E-state index contributed by atoms with van der Waals surface area (Å²) in [6, 6.07) is 14.9. The normalized spacial score (nSPS) is 12.1. The monoisotopic (exact) mass is 334 g/mol. The molecule has 0 aliphatic carbocycles. The predicted octanol–water partition coefficient (Wildman–Crippen LogP) is 4.21. The molecule has 2 rings (SSSR count). The second kappa shape index (κ2) is 6.63. The van der Waals surface area contributed by atoms with E-state index in [1.54, 1.807) is 12.1 Å². The van der Waals surface area contributed by atoms with E-state index in [0.717, 1.165) is 16.6 Å². The molecule has 104 valence electrons. The number of non-ortho nitro benzene ring substituents is 1. The third kappa shape index (κ3) is 3.88. The molecule has 2 aromatic carbocycles. The second-order valence-corrected chi connectivity index (χ2v) is 5.50. The first-order valence-electron chi connectivity index (χ1n) is 6.28. The first kappa shape index (κ1) is 14.7. The smallest absolute Gasteiger partial charge is 0.269 e. The van der Waals surface area contributed by atoms with E-state index in [0.29, 0.717) is 0 Å². The molecular formula is C15H15BrN2O2. The minimum Gasteiger partial charge on any atom is -0.306 e. The molecule has 0 spiro atoms. The van der Waals surface area contributed by atoms with Crippen LogP contribution in [-0.2, 0) is 6.54 Å². The number of nitro groups is 1. The van der Waals surface area contributed by atoms with E-state index in [1.165, 1.54) is 17.7 Å². The topological polar surface area (TPSA) is 55.2 Å². The molecule has 0 saturated heterocycles. The first-order valence-corrected chi connectivity index (χ1v) is 7.08. The Hall–Kier alpha value is -1.72. The van der Waals surface area contributed by atoms with Crippen molar-refractivity contribution < 1.29 is 4.92 Å². The van der Waals surface area contributed by atoms with Crippen molar-refractivity contribution in [2.24, 2.45) is 0 Å². The lowest BCUT2D eigenvalue weighted by atomic mass is 10.1. The van der Waals surface area contributed by atoms with Crippen molar-refractivity contribution >= 4 is 21.6 Å². The van der Waals surface area contributed by atoms with Gasteiger partial charge in [0.05, 0.1) is 4.92 Å². The fourth-order valence-electron chi connectivity index (χ4n) is 1.92. The quantitative estimate of drug-likeness (QED) is 0.658. The highest BCUT2D eigenvalue weighted by Gasteiger charge is 2.08. The van der Waals surface area contributed by atoms with Gasteiger partial charge in [0.1, 0.15) is 0 Å². The summed E-state index contributed by atoms with van der Waals surface area (Å²) in [7, 11) is 0. The maximum atomic E-state index is 10.6. The average molecular weight is 335 g/mol. The number of hydrogen-bond acceptors (Lipinski definition) is 3. The summed E-state index contributed by atoms with van der Waals surface area (Å²) in [6.45, 7) is 2.79. The minimum absolute atomic E-state index is 0.118. The molecule has 0 radical (unpaired) electrons. The Morgan fingerprint density at radius 3 is 2.55 bits per heavy atom. The molecule has 0 bridgehead atoms. The number of hydrogen-bond donors (Lipinski definition) is 1. The van der Waals surface area contributed by atoms with E-state index in [2.05, 4.69) is 33.4 Å². The van der Waals surface area contributed by atoms with Gasteiger partial charge in [-0.25, -0.2) is 0 Å². The van der Waals surface area contributed by atoms with Gasteiger partial charge >= 0.3 is 0 Å². The molecule has 0 aliphatic heterocycles. The van der Waals surface area contributed by atoms with E-state index >= 15 is 0 Å². The van der Waals surface area contributed by atoms with E-state index in [1.807, 2.05) is 19.1 Å². The van der Waals surface area contributed by atoms with E-state index in [9.17, 15) is 10.1 Å². The molecule has 1 unspecified atom stereocenters. The Bertz CT molecular complexity index is 599. The van der Waals surface area contributed by atoms with E-state index in [4.69, 9.17) is 0 Å². The molecule has 5 heteroatoms. The van der Waals surface area contributed by atoms with Crippen LogP contribution >= 0.6 is 15.9 Å². The largest absolute Gasteiger partial charge is 0.306 e. The SMILES string of the molecule is CC(NCc1cccc(Br)c1)c1ccc([N+](=O)[O-])cc1. The van der Waals surface area contributed by atoms with E-state index < -0.39 is 0 Å². The van der Waals surface area contributed by atoms with Crippen LogP contribution in [0.25, 0.3) is 0 Å². The number of nitrogens with zero attached hydrogens (tertiary/aromatic N) is 1. The Labute approximate surface area is 126 Å². The van der Waals surface area contributed by atoms with Gasteiger partial charge < -0.3 is 5.32 Å². The van der Waals surface area contributed by atoms with Gasteiger partial charge in [0.25, 0.3) is 5.69 Å². The summed E-state index contributed by atoms with van der Waals surface area (Å²) < 4.78 is 1.06. The average Bonchev–Trinajstić information content (AvgIpc) is 2.45. The van der Waals surface area contributed by atoms with Gasteiger partial charge in [0.2, 0.25) is 0 Å². The maximum Gasteiger partial charge on any atom is 0.269 e. The molecule has 2 aromatic rings. The van der Waals surface area contributed by atoms with Crippen LogP contribution in [0.3, 0.4) is 0 Å². The molecular weight excluding hydrogens is 320 g/mol. The van der Waals surface area contributed by atoms with Crippen molar-refractivity contribution in [1.29, 1.82) is 0 Å². The Kier molecular flexibility index (Phi) is 4.87. The minimum atomic E-state index is -0.386. The standard InChI is InChI=1S/C15H15BrN2O2/c1-11(13-5-7-15(8-6-13)18(19)20)17-10-12-3-2-4-14(16)9-12/h2-9,11,17H,10H2,1H3. The third-order valence-electron chi connectivity index (χ3n) is 3.11. The second-order valence-electron chi connectivity index (χ2n) is 4.58. The number of benzene rings is 2. The van der Waals surface area contributed by atoms with Crippen LogP contribution in [0.2, 0.25) is 0 Å². The molecule has 0 saturated carbocycles. The Morgan fingerprint density at radius 2 is 1.95 bits per heavy atom. The molecule has 0 heterocycles. The van der Waals surface area contributed by atoms with Gasteiger partial charge in [-0.1, -0.05) is 40.2 Å². The van der Waals surface area contributed by atoms with Gasteiger partial charge in [-0.3, -0.25) is 10.1 Å². The van der Waals surface area contributed by atoms with Crippen molar-refractivity contribution in [1.82, 2.24) is 5.32 Å². The van der Waals surface area contributed by atoms with Crippen molar-refractivity contribution in [2.75, 3.05) is 0 Å². The Morgan fingerprint density at radius 1 is 1.25 bits per heavy atom. The van der Waals surface area contributed by atoms with Gasteiger partial charge in [-0.2, -0.15) is 0 Å². The zero-order valence-electron chi connectivity index (χ0n) is 11.0. The van der Waals surface area contributed by atoms with E-state index in [-0.39, 0.29) is 16.7 Å². The predicted molar refractivity (Wildman–Crippen MR) is 82.5 cm³/mol. The van der Waals surface area contributed by atoms with Crippen molar-refractivity contribution in [3.8, 4) is 0 Å². The van der Waals surface area contributed by atoms with Crippen LogP contribution in [-0.4, -0.2) is 4.92 Å². The lowest BCUT2D eigenvalue weighted by molar-refractivity contribution is -0.384. The third-order valence-corrected chi connectivity index (χ3v) is 3.60. The molecule has 0 amide bonds. The van der Waals surface area contributed by atoms with Gasteiger partial charge in [0, 0.05) is 29.2 Å². The van der Waals surface area contributed by atoms with Crippen LogP contribution in [0, 0.1) is 10.1 Å². The van der Waals surface area contributed by atoms with Crippen LogP contribution in [0.15, 0.2) is 53.0 Å². The molecule has 1 N–H and O–H groups in total. The fourth-order valence-corrected chi connectivity index (χ4v) is 2.37. The number of nitrogens with one attached hydrogen (secondary N) is 1. The molecule has 20 heavy (non-hydrogen) atoms. The number of rotatable bonds is 5. The fraction of sp³-hybridized carbons (Fsp3) is 0.200. The van der Waals surface area contributed by atoms with Crippen LogP contribution < -0.4 is 5.32 Å². The van der Waals surface area contributed by atoms with Gasteiger partial charge in [-0.05, 0) is 30.2 Å². The van der Waals surface area contributed by atoms with Crippen LogP contribution in [0.4, 0.5) is 5.69 Å². The van der Waals surface area contributed by atoms with Crippen molar-refractivity contribution in [3.63, 3.8) is 0 Å². The maximum absolute atomic E-state index is 10.6. The summed E-state index contributed by atoms with van der Waals surface area (Å²) in [5.74, 6) is 0. The number of halogens is 1. The first-order chi connectivity index (χ1) is 9.56. The zero-order valence-corrected chi connectivity index (χ0v) is 12.6. The highest BCUT2D eigenvalue weighted by molar-refractivity contribution is 9.10. The van der Waals surface area contributed by atoms with Crippen molar-refractivity contribution in [2.45, 2.75) is 19.5 Å². The summed E-state index contributed by atoms with van der Waals surface area (Å²) in [5.41, 5.74) is 2.34. The highest BCUT2D eigenvalue weighted by Crippen LogP contribution is 2.18. The van der Waals surface area contributed by atoms with Crippen molar-refractivity contribution in [3.05, 3.63) is 74.2 Å². The summed E-state index contributed by atoms with van der Waals surface area (Å²) in [4.78, 5) is 10.2. The highest BCUT2D eigenvalue weighted by atomic mass is 79.9. The lowest BCUT2D eigenvalue weighted by Gasteiger charge is -2.14. The zero-order chi connectivity index (χ0) is 14.5. The molecule has 0 aromatic heterocycles. The summed E-state index contributed by atoms with van der Waals surface area (Å²) in [6.07, 6.45) is 0. The van der Waals surface area contributed by atoms with Gasteiger partial charge in [0.15, 0.2) is 0 Å². The molecule has 0 aliphatic rings. The van der Waals surface area contributed by atoms with Crippen LogP contribution in [0.5, 0.6) is 0 Å². The summed E-state index contributed by atoms with van der Waals surface area (Å²) >= 11 is 3.44.